The second-order valence-corrected chi connectivity index (χ2v) is 10.1. The highest BCUT2D eigenvalue weighted by Gasteiger charge is 2.27. The fourth-order valence-corrected chi connectivity index (χ4v) is 5.68. The Morgan fingerprint density at radius 1 is 0.806 bits per heavy atom. The van der Waals surface area contributed by atoms with Gasteiger partial charge in [-0.3, -0.25) is 0 Å². The molecule has 2 aliphatic rings. The van der Waals surface area contributed by atoms with Crippen LogP contribution in [0.15, 0.2) is 96.7 Å². The van der Waals surface area contributed by atoms with Gasteiger partial charge in [0.05, 0.1) is 0 Å². The summed E-state index contributed by atoms with van der Waals surface area (Å²) in [5.41, 5.74) is 15.7. The van der Waals surface area contributed by atoms with Gasteiger partial charge in [0, 0.05) is 28.6 Å². The molecule has 4 aromatic carbocycles. The van der Waals surface area contributed by atoms with Crippen molar-refractivity contribution in [3.8, 4) is 11.1 Å². The second-order valence-electron chi connectivity index (χ2n) is 10.1. The van der Waals surface area contributed by atoms with Crippen LogP contribution in [0.5, 0.6) is 0 Å². The van der Waals surface area contributed by atoms with E-state index in [0.717, 1.165) is 23.7 Å². The lowest BCUT2D eigenvalue weighted by Crippen LogP contribution is -2.31. The molecule has 0 saturated heterocycles. The van der Waals surface area contributed by atoms with Crippen molar-refractivity contribution in [1.82, 2.24) is 0 Å². The third-order valence-corrected chi connectivity index (χ3v) is 7.55. The van der Waals surface area contributed by atoms with Gasteiger partial charge in [-0.05, 0) is 83.0 Å². The zero-order valence-corrected chi connectivity index (χ0v) is 21.3. The molecule has 0 atom stereocenters. The van der Waals surface area contributed by atoms with Crippen LogP contribution in [0, 0.1) is 20.8 Å². The fraction of sp³-hybridized carbons (Fsp3) is 0.143. The Kier molecular flexibility index (Phi) is 5.49. The number of fused-ring (bicyclic) bond motifs is 3. The Hall–Kier alpha value is -4.10. The highest BCUT2D eigenvalue weighted by molar-refractivity contribution is 6.09. The van der Waals surface area contributed by atoms with E-state index in [4.69, 9.17) is 0 Å². The van der Waals surface area contributed by atoms with E-state index in [1.54, 1.807) is 0 Å². The van der Waals surface area contributed by atoms with Crippen molar-refractivity contribution in [2.24, 2.45) is 0 Å². The third kappa shape index (κ3) is 3.82. The van der Waals surface area contributed by atoms with Crippen molar-refractivity contribution in [2.75, 3.05) is 5.32 Å². The van der Waals surface area contributed by atoms with E-state index in [2.05, 4.69) is 124 Å². The first-order chi connectivity index (χ1) is 17.5. The molecule has 1 N–H and O–H groups in total. The van der Waals surface area contributed by atoms with Gasteiger partial charge in [-0.1, -0.05) is 97.1 Å². The Bertz CT molecular complexity index is 1700. The van der Waals surface area contributed by atoms with Crippen LogP contribution < -0.4 is 15.8 Å². The standard InChI is InChI=1S/C35H31N/c1-22-15-16-23(2)30(19-22)31-20-26(18-17-24(31)3)10-8-13-29-34-25(4)9-7-14-32(34)36-33-21-27-11-5-6-12-28(27)35(29)33/h5-9,11-20,36H,4,10,21H2,1-3H3/b13-8-. The smallest absolute Gasteiger partial charge is 0.0467 e. The summed E-state index contributed by atoms with van der Waals surface area (Å²) in [5, 5.41) is 5.98. The van der Waals surface area contributed by atoms with Gasteiger partial charge in [0.25, 0.3) is 0 Å². The molecule has 36 heavy (non-hydrogen) atoms. The van der Waals surface area contributed by atoms with Crippen LogP contribution in [-0.2, 0) is 12.8 Å². The molecule has 0 saturated carbocycles. The van der Waals surface area contributed by atoms with E-state index < -0.39 is 0 Å². The van der Waals surface area contributed by atoms with Gasteiger partial charge in [0.2, 0.25) is 0 Å². The molecule has 0 aromatic heterocycles. The molecule has 0 amide bonds. The van der Waals surface area contributed by atoms with Crippen LogP contribution in [0.25, 0.3) is 28.9 Å². The van der Waals surface area contributed by atoms with Gasteiger partial charge in [-0.2, -0.15) is 0 Å². The minimum atomic E-state index is 0.883. The maximum absolute atomic E-state index is 4.37. The van der Waals surface area contributed by atoms with Crippen LogP contribution in [0.4, 0.5) is 5.69 Å². The molecule has 4 aromatic rings. The molecule has 1 heterocycles. The number of benzene rings is 4. The lowest BCUT2D eigenvalue weighted by atomic mass is 9.91. The summed E-state index contributed by atoms with van der Waals surface area (Å²) in [5.74, 6) is 0. The summed E-state index contributed by atoms with van der Waals surface area (Å²) >= 11 is 0. The average Bonchev–Trinajstić information content (AvgIpc) is 3.24. The van der Waals surface area contributed by atoms with Gasteiger partial charge in [-0.25, -0.2) is 0 Å². The lowest BCUT2D eigenvalue weighted by Gasteiger charge is -2.20. The number of anilines is 1. The number of aryl methyl sites for hydroxylation is 3. The molecule has 1 heteroatoms. The van der Waals surface area contributed by atoms with Gasteiger partial charge in [0.1, 0.15) is 0 Å². The maximum atomic E-state index is 4.37. The van der Waals surface area contributed by atoms with E-state index in [-0.39, 0.29) is 0 Å². The molecule has 0 spiro atoms. The van der Waals surface area contributed by atoms with Crippen molar-refractivity contribution in [3.63, 3.8) is 0 Å². The van der Waals surface area contributed by atoms with Gasteiger partial charge >= 0.3 is 0 Å². The Balaban J connectivity index is 1.40. The third-order valence-electron chi connectivity index (χ3n) is 7.55. The molecule has 1 aliphatic carbocycles. The Morgan fingerprint density at radius 2 is 1.58 bits per heavy atom. The van der Waals surface area contributed by atoms with Crippen LogP contribution in [0.2, 0.25) is 0 Å². The predicted molar refractivity (Wildman–Crippen MR) is 154 cm³/mol. The average molecular weight is 466 g/mol. The Labute approximate surface area is 213 Å². The summed E-state index contributed by atoms with van der Waals surface area (Å²) in [6.07, 6.45) is 6.47. The van der Waals surface area contributed by atoms with Crippen molar-refractivity contribution in [2.45, 2.75) is 33.6 Å². The normalized spacial score (nSPS) is 14.0. The molecule has 1 nitrogen and oxygen atoms in total. The number of rotatable bonds is 4. The monoisotopic (exact) mass is 465 g/mol. The van der Waals surface area contributed by atoms with Crippen molar-refractivity contribution in [1.29, 1.82) is 0 Å². The first-order valence-corrected chi connectivity index (χ1v) is 12.7. The van der Waals surface area contributed by atoms with E-state index in [1.807, 2.05) is 0 Å². The molecule has 1 aliphatic heterocycles. The van der Waals surface area contributed by atoms with E-state index >= 15 is 0 Å². The summed E-state index contributed by atoms with van der Waals surface area (Å²) in [7, 11) is 0. The Morgan fingerprint density at radius 3 is 2.44 bits per heavy atom. The quantitative estimate of drug-likeness (QED) is 0.341. The molecule has 0 radical (unpaired) electrons. The highest BCUT2D eigenvalue weighted by Crippen LogP contribution is 2.40. The first kappa shape index (κ1) is 22.4. The number of hydrogen-bond donors (Lipinski definition) is 1. The van der Waals surface area contributed by atoms with Crippen LogP contribution in [0.1, 0.15) is 33.4 Å². The molecular weight excluding hydrogens is 434 g/mol. The first-order valence-electron chi connectivity index (χ1n) is 12.7. The minimum Gasteiger partial charge on any atom is -0.358 e. The number of nitrogens with one attached hydrogen (secondary N) is 1. The van der Waals surface area contributed by atoms with Crippen LogP contribution in [-0.4, -0.2) is 0 Å². The molecule has 6 rings (SSSR count). The lowest BCUT2D eigenvalue weighted by molar-refractivity contribution is 1.19. The maximum Gasteiger partial charge on any atom is 0.0467 e. The van der Waals surface area contributed by atoms with Gasteiger partial charge < -0.3 is 5.32 Å². The van der Waals surface area contributed by atoms with E-state index in [9.17, 15) is 0 Å². The summed E-state index contributed by atoms with van der Waals surface area (Å²) in [6, 6.07) is 28.7. The minimum absolute atomic E-state index is 0.883. The van der Waals surface area contributed by atoms with Crippen molar-refractivity contribution >= 4 is 23.4 Å². The van der Waals surface area contributed by atoms with Crippen LogP contribution in [0.3, 0.4) is 0 Å². The number of hydrogen-bond acceptors (Lipinski definition) is 1. The second kappa shape index (κ2) is 8.84. The predicted octanol–water partition coefficient (Wildman–Crippen LogP) is 7.03. The molecule has 0 fully saturated rings. The fourth-order valence-electron chi connectivity index (χ4n) is 5.68. The zero-order chi connectivity index (χ0) is 24.8. The SMILES string of the molecule is C=c1cccc2c1=C(/C=C\Cc1ccc(C)c(-c3cc(C)ccc3C)c1)C1=C(Cc3ccccc31)N2. The summed E-state index contributed by atoms with van der Waals surface area (Å²) in [4.78, 5) is 0. The van der Waals surface area contributed by atoms with Crippen molar-refractivity contribution < 1.29 is 0 Å². The van der Waals surface area contributed by atoms with Gasteiger partial charge in [0.15, 0.2) is 0 Å². The molecule has 0 bridgehead atoms. The number of allylic oxidation sites excluding steroid dienone is 4. The van der Waals surface area contributed by atoms with Crippen molar-refractivity contribution in [3.05, 3.63) is 141 Å². The van der Waals surface area contributed by atoms with Crippen LogP contribution >= 0.6 is 0 Å². The molecule has 176 valence electrons. The largest absolute Gasteiger partial charge is 0.358 e. The van der Waals surface area contributed by atoms with E-state index in [0.29, 0.717) is 0 Å². The highest BCUT2D eigenvalue weighted by atomic mass is 14.9. The van der Waals surface area contributed by atoms with E-state index in [1.165, 1.54) is 66.6 Å². The van der Waals surface area contributed by atoms with Gasteiger partial charge in [-0.15, -0.1) is 0 Å². The topological polar surface area (TPSA) is 12.0 Å². The summed E-state index contributed by atoms with van der Waals surface area (Å²) in [6.45, 7) is 10.9. The molecule has 0 unspecified atom stereocenters. The summed E-state index contributed by atoms with van der Waals surface area (Å²) < 4.78 is 0. The zero-order valence-electron chi connectivity index (χ0n) is 21.3. The molecular formula is C35H31N.